The third-order valence-corrected chi connectivity index (χ3v) is 3.74. The number of primary amides is 1. The van der Waals surface area contributed by atoms with Crippen LogP contribution in [0.5, 0.6) is 0 Å². The largest absolute Gasteiger partial charge is 0.384 e. The van der Waals surface area contributed by atoms with Crippen molar-refractivity contribution in [1.82, 2.24) is 4.98 Å². The fraction of sp³-hybridized carbons (Fsp3) is 0.0526. The lowest BCUT2D eigenvalue weighted by atomic mass is 9.90. The van der Waals surface area contributed by atoms with E-state index in [2.05, 4.69) is 4.98 Å². The van der Waals surface area contributed by atoms with Crippen LogP contribution in [-0.2, 0) is 0 Å². The lowest BCUT2D eigenvalue weighted by Crippen LogP contribution is -2.17. The molecule has 0 aliphatic carbocycles. The van der Waals surface area contributed by atoms with Crippen LogP contribution in [0.1, 0.15) is 27.6 Å². The molecule has 23 heavy (non-hydrogen) atoms. The number of rotatable bonds is 4. The van der Waals surface area contributed by atoms with Crippen molar-refractivity contribution in [3.8, 4) is 11.1 Å². The third kappa shape index (κ3) is 2.98. The van der Waals surface area contributed by atoms with Gasteiger partial charge in [-0.25, -0.2) is 0 Å². The van der Waals surface area contributed by atoms with Crippen molar-refractivity contribution in [3.05, 3.63) is 89.7 Å². The molecule has 3 aromatic rings. The highest BCUT2D eigenvalue weighted by molar-refractivity contribution is 6.01. The lowest BCUT2D eigenvalue weighted by Gasteiger charge is -2.17. The maximum atomic E-state index is 12.0. The number of aliphatic hydroxyl groups excluding tert-OH is 1. The molecule has 0 aliphatic heterocycles. The van der Waals surface area contributed by atoms with Crippen LogP contribution in [0.15, 0.2) is 73.1 Å². The minimum absolute atomic E-state index is 0.329. The summed E-state index contributed by atoms with van der Waals surface area (Å²) in [4.78, 5) is 16.0. The molecule has 3 N–H and O–H groups in total. The normalized spacial score (nSPS) is 11.9. The van der Waals surface area contributed by atoms with Crippen LogP contribution in [0, 0.1) is 0 Å². The topological polar surface area (TPSA) is 76.2 Å². The van der Waals surface area contributed by atoms with Gasteiger partial charge in [-0.1, -0.05) is 48.5 Å². The van der Waals surface area contributed by atoms with Crippen LogP contribution >= 0.6 is 0 Å². The van der Waals surface area contributed by atoms with Gasteiger partial charge in [-0.3, -0.25) is 9.78 Å². The summed E-state index contributed by atoms with van der Waals surface area (Å²) in [5.41, 5.74) is 8.66. The van der Waals surface area contributed by atoms with Gasteiger partial charge in [-0.05, 0) is 34.4 Å². The zero-order chi connectivity index (χ0) is 16.2. The first-order chi connectivity index (χ1) is 11.2. The summed E-state index contributed by atoms with van der Waals surface area (Å²) in [7, 11) is 0. The molecular formula is C19H16N2O2. The van der Waals surface area contributed by atoms with Crippen molar-refractivity contribution in [1.29, 1.82) is 0 Å². The molecule has 0 spiro atoms. The molecule has 0 saturated carbocycles. The number of carbonyl (C=O) groups excluding carboxylic acids is 1. The fourth-order valence-corrected chi connectivity index (χ4v) is 2.66. The van der Waals surface area contributed by atoms with E-state index in [1.165, 1.54) is 0 Å². The Morgan fingerprint density at radius 2 is 1.65 bits per heavy atom. The number of amides is 1. The molecular weight excluding hydrogens is 288 g/mol. The molecule has 0 saturated heterocycles. The molecule has 1 aromatic heterocycles. The van der Waals surface area contributed by atoms with Gasteiger partial charge in [0.15, 0.2) is 0 Å². The van der Waals surface area contributed by atoms with Gasteiger partial charge in [0.25, 0.3) is 0 Å². The molecule has 1 atom stereocenters. The van der Waals surface area contributed by atoms with E-state index >= 15 is 0 Å². The van der Waals surface area contributed by atoms with Gasteiger partial charge >= 0.3 is 0 Å². The van der Waals surface area contributed by atoms with E-state index in [1.54, 1.807) is 30.6 Å². The quantitative estimate of drug-likeness (QED) is 0.778. The maximum absolute atomic E-state index is 12.0. The second-order valence-electron chi connectivity index (χ2n) is 5.18. The van der Waals surface area contributed by atoms with Gasteiger partial charge < -0.3 is 10.8 Å². The van der Waals surface area contributed by atoms with Crippen LogP contribution in [0.3, 0.4) is 0 Å². The van der Waals surface area contributed by atoms with Crippen LogP contribution in [0.4, 0.5) is 0 Å². The Kier molecular flexibility index (Phi) is 4.17. The highest BCUT2D eigenvalue weighted by Crippen LogP contribution is 2.31. The zero-order valence-electron chi connectivity index (χ0n) is 12.4. The Hall–Kier alpha value is -2.98. The van der Waals surface area contributed by atoms with Gasteiger partial charge in [-0.15, -0.1) is 0 Å². The summed E-state index contributed by atoms with van der Waals surface area (Å²) in [5, 5.41) is 10.7. The summed E-state index contributed by atoms with van der Waals surface area (Å²) in [6.45, 7) is 0. The summed E-state index contributed by atoms with van der Waals surface area (Å²) >= 11 is 0. The molecule has 114 valence electrons. The van der Waals surface area contributed by atoms with Crippen LogP contribution < -0.4 is 5.73 Å². The van der Waals surface area contributed by atoms with Gasteiger partial charge in [0.05, 0.1) is 5.56 Å². The predicted molar refractivity (Wildman–Crippen MR) is 88.7 cm³/mol. The Morgan fingerprint density at radius 1 is 0.957 bits per heavy atom. The van der Waals surface area contributed by atoms with Crippen molar-refractivity contribution in [2.45, 2.75) is 6.10 Å². The molecule has 0 radical (unpaired) electrons. The molecule has 4 heteroatoms. The highest BCUT2D eigenvalue weighted by atomic mass is 16.3. The molecule has 2 aromatic carbocycles. The maximum Gasteiger partial charge on any atom is 0.249 e. The molecule has 1 unspecified atom stereocenters. The summed E-state index contributed by atoms with van der Waals surface area (Å²) in [6, 6.07) is 18.1. The average Bonchev–Trinajstić information content (AvgIpc) is 2.62. The number of carbonyl (C=O) groups is 1. The summed E-state index contributed by atoms with van der Waals surface area (Å²) in [5.74, 6) is -0.567. The van der Waals surface area contributed by atoms with Crippen molar-refractivity contribution in [2.75, 3.05) is 0 Å². The van der Waals surface area contributed by atoms with E-state index in [4.69, 9.17) is 5.73 Å². The van der Waals surface area contributed by atoms with Crippen LogP contribution in [-0.4, -0.2) is 16.0 Å². The zero-order valence-corrected chi connectivity index (χ0v) is 12.4. The molecule has 3 rings (SSSR count). The van der Waals surface area contributed by atoms with E-state index in [-0.39, 0.29) is 0 Å². The van der Waals surface area contributed by atoms with E-state index in [1.807, 2.05) is 42.5 Å². The van der Waals surface area contributed by atoms with Crippen LogP contribution in [0.2, 0.25) is 0 Å². The van der Waals surface area contributed by atoms with Gasteiger partial charge in [-0.2, -0.15) is 0 Å². The standard InChI is InChI=1S/C19H16N2O2/c20-19(23)17-15(13-9-11-21-12-10-13)7-4-8-16(17)18(22)14-5-2-1-3-6-14/h1-12,18,22H,(H2,20,23). The number of hydrogen-bond donors (Lipinski definition) is 2. The first-order valence-electron chi connectivity index (χ1n) is 7.24. The number of aliphatic hydroxyl groups is 1. The minimum Gasteiger partial charge on any atom is -0.384 e. The Balaban J connectivity index is 2.17. The van der Waals surface area contributed by atoms with Crippen molar-refractivity contribution < 1.29 is 9.90 Å². The summed E-state index contributed by atoms with van der Waals surface area (Å²) in [6.07, 6.45) is 2.39. The molecule has 0 fully saturated rings. The predicted octanol–water partition coefficient (Wildman–Crippen LogP) is 2.93. The van der Waals surface area contributed by atoms with Crippen molar-refractivity contribution in [3.63, 3.8) is 0 Å². The monoisotopic (exact) mass is 304 g/mol. The number of nitrogens with zero attached hydrogens (tertiary/aromatic N) is 1. The number of aromatic nitrogens is 1. The first-order valence-corrected chi connectivity index (χ1v) is 7.24. The molecule has 4 nitrogen and oxygen atoms in total. The third-order valence-electron chi connectivity index (χ3n) is 3.74. The van der Waals surface area contributed by atoms with Gasteiger partial charge in [0, 0.05) is 12.4 Å². The molecule has 0 aliphatic rings. The molecule has 0 bridgehead atoms. The van der Waals surface area contributed by atoms with Gasteiger partial charge in [0.2, 0.25) is 5.91 Å². The van der Waals surface area contributed by atoms with E-state index in [0.29, 0.717) is 22.3 Å². The molecule has 1 heterocycles. The second kappa shape index (κ2) is 6.42. The number of pyridine rings is 1. The number of nitrogens with two attached hydrogens (primary N) is 1. The van der Waals surface area contributed by atoms with Crippen molar-refractivity contribution in [2.24, 2.45) is 5.73 Å². The Labute approximate surface area is 134 Å². The minimum atomic E-state index is -0.916. The Bertz CT molecular complexity index is 817. The second-order valence-corrected chi connectivity index (χ2v) is 5.18. The highest BCUT2D eigenvalue weighted by Gasteiger charge is 2.21. The smallest absolute Gasteiger partial charge is 0.249 e. The Morgan fingerprint density at radius 3 is 2.30 bits per heavy atom. The van der Waals surface area contributed by atoms with Gasteiger partial charge in [0.1, 0.15) is 6.10 Å². The first kappa shape index (κ1) is 14.9. The van der Waals surface area contributed by atoms with Crippen LogP contribution in [0.25, 0.3) is 11.1 Å². The SMILES string of the molecule is NC(=O)c1c(-c2ccncc2)cccc1C(O)c1ccccc1. The van der Waals surface area contributed by atoms with E-state index < -0.39 is 12.0 Å². The summed E-state index contributed by atoms with van der Waals surface area (Å²) < 4.78 is 0. The van der Waals surface area contributed by atoms with E-state index in [0.717, 1.165) is 5.56 Å². The number of benzene rings is 2. The fourth-order valence-electron chi connectivity index (χ4n) is 2.66. The molecule has 1 amide bonds. The average molecular weight is 304 g/mol. The lowest BCUT2D eigenvalue weighted by molar-refractivity contribution is 0.0996. The van der Waals surface area contributed by atoms with Crippen molar-refractivity contribution >= 4 is 5.91 Å². The van der Waals surface area contributed by atoms with E-state index in [9.17, 15) is 9.90 Å². The number of hydrogen-bond acceptors (Lipinski definition) is 3.